The van der Waals surface area contributed by atoms with Crippen molar-refractivity contribution in [1.29, 1.82) is 0 Å². The first kappa shape index (κ1) is 26.2. The van der Waals surface area contributed by atoms with Crippen LogP contribution < -0.4 is 16.1 Å². The monoisotopic (exact) mass is 552 g/mol. The number of nitrogens with zero attached hydrogens (tertiary/aromatic N) is 4. The fraction of sp³-hybridized carbons (Fsp3) is 0.321. The van der Waals surface area contributed by atoms with E-state index in [0.717, 1.165) is 60.3 Å². The molecule has 3 heterocycles. The van der Waals surface area contributed by atoms with E-state index in [1.165, 1.54) is 9.13 Å². The van der Waals surface area contributed by atoms with Crippen molar-refractivity contribution in [3.05, 3.63) is 97.0 Å². The van der Waals surface area contributed by atoms with Crippen LogP contribution in [0.4, 0.5) is 5.69 Å². The molecule has 0 N–H and O–H groups in total. The number of halogens is 1. The Kier molecular flexibility index (Phi) is 7.97. The Labute approximate surface area is 229 Å². The summed E-state index contributed by atoms with van der Waals surface area (Å²) in [4.78, 5) is 44.3. The lowest BCUT2D eigenvalue weighted by Gasteiger charge is -2.36. The van der Waals surface area contributed by atoms with Crippen molar-refractivity contribution in [2.24, 2.45) is 7.05 Å². The largest absolute Gasteiger partial charge is 0.457 e. The van der Waals surface area contributed by atoms with E-state index in [4.69, 9.17) is 16.3 Å². The van der Waals surface area contributed by atoms with Gasteiger partial charge in [-0.05, 0) is 42.8 Å². The van der Waals surface area contributed by atoms with Crippen molar-refractivity contribution in [2.75, 3.05) is 37.6 Å². The highest BCUT2D eigenvalue weighted by Gasteiger charge is 2.20. The predicted octanol–water partition coefficient (Wildman–Crippen LogP) is 3.98. The normalized spacial score (nSPS) is 14.2. The van der Waals surface area contributed by atoms with E-state index in [9.17, 15) is 14.4 Å². The van der Waals surface area contributed by atoms with Crippen molar-refractivity contribution in [2.45, 2.75) is 19.6 Å². The molecule has 4 aromatic rings. The number of fused-ring (bicyclic) bond motifs is 1. The number of hydrogen-bond acceptors (Lipinski definition) is 7. The van der Waals surface area contributed by atoms with E-state index in [1.807, 2.05) is 48.5 Å². The van der Waals surface area contributed by atoms with Gasteiger partial charge >= 0.3 is 11.7 Å². The zero-order valence-corrected chi connectivity index (χ0v) is 22.7. The molecule has 0 spiro atoms. The second-order valence-electron chi connectivity index (χ2n) is 9.35. The van der Waals surface area contributed by atoms with E-state index < -0.39 is 5.97 Å². The Balaban J connectivity index is 1.21. The molecule has 5 rings (SSSR count). The van der Waals surface area contributed by atoms with Gasteiger partial charge in [-0.15, -0.1) is 11.3 Å². The number of piperazine rings is 1. The second kappa shape index (κ2) is 11.6. The molecule has 38 heavy (non-hydrogen) atoms. The van der Waals surface area contributed by atoms with Gasteiger partial charge in [-0.1, -0.05) is 48.0 Å². The Hall–Kier alpha value is -3.40. The first-order valence-corrected chi connectivity index (χ1v) is 13.8. The molecular weight excluding hydrogens is 524 g/mol. The van der Waals surface area contributed by atoms with Crippen LogP contribution in [0.2, 0.25) is 5.02 Å². The first-order chi connectivity index (χ1) is 18.4. The third-order valence-electron chi connectivity index (χ3n) is 6.83. The molecule has 1 aliphatic rings. The standard InChI is InChI=1S/C28H29ClN4O4S/c1-30-26-23(18-24(38-26)27(35)37-19-20-7-3-2-4-8-20)25(34)33(28(30)36)12-6-11-31-13-15-32(16-14-31)22-10-5-9-21(29)17-22/h2-5,7-10,17-18H,6,11-16,19H2,1H3. The van der Waals surface area contributed by atoms with Gasteiger partial charge in [0.05, 0.1) is 5.39 Å². The molecule has 0 saturated carbocycles. The lowest BCUT2D eigenvalue weighted by atomic mass is 10.2. The summed E-state index contributed by atoms with van der Waals surface area (Å²) in [7, 11) is 1.63. The summed E-state index contributed by atoms with van der Waals surface area (Å²) in [5.41, 5.74) is 1.26. The number of benzene rings is 2. The van der Waals surface area contributed by atoms with Gasteiger partial charge in [0.25, 0.3) is 5.56 Å². The number of aromatic nitrogens is 2. The summed E-state index contributed by atoms with van der Waals surface area (Å²) in [5, 5.41) is 1.09. The number of hydrogen-bond donors (Lipinski definition) is 0. The fourth-order valence-electron chi connectivity index (χ4n) is 4.73. The van der Waals surface area contributed by atoms with Gasteiger partial charge in [-0.2, -0.15) is 0 Å². The van der Waals surface area contributed by atoms with E-state index in [-0.39, 0.29) is 17.9 Å². The van der Waals surface area contributed by atoms with Crippen molar-refractivity contribution in [3.63, 3.8) is 0 Å². The van der Waals surface area contributed by atoms with Crippen molar-refractivity contribution in [1.82, 2.24) is 14.0 Å². The zero-order chi connectivity index (χ0) is 26.6. The quantitative estimate of drug-likeness (QED) is 0.308. The minimum atomic E-state index is -0.509. The van der Waals surface area contributed by atoms with Crippen LogP contribution in [-0.2, 0) is 24.9 Å². The highest BCUT2D eigenvalue weighted by Crippen LogP contribution is 2.23. The van der Waals surface area contributed by atoms with Gasteiger partial charge in [0.15, 0.2) is 0 Å². The van der Waals surface area contributed by atoms with Crippen molar-refractivity contribution in [3.8, 4) is 0 Å². The maximum absolute atomic E-state index is 13.2. The molecule has 198 valence electrons. The Morgan fingerprint density at radius 3 is 2.47 bits per heavy atom. The molecule has 2 aromatic heterocycles. The van der Waals surface area contributed by atoms with Gasteiger partial charge in [-0.3, -0.25) is 18.8 Å². The van der Waals surface area contributed by atoms with Crippen LogP contribution in [0.25, 0.3) is 10.2 Å². The van der Waals surface area contributed by atoms with E-state index in [0.29, 0.717) is 28.1 Å². The number of ether oxygens (including phenoxy) is 1. The number of carbonyl (C=O) groups excluding carboxylic acids is 1. The molecule has 10 heteroatoms. The van der Waals surface area contributed by atoms with Gasteiger partial charge < -0.3 is 9.64 Å². The Bertz CT molecular complexity index is 1550. The molecule has 0 bridgehead atoms. The summed E-state index contributed by atoms with van der Waals surface area (Å²) in [6.45, 7) is 4.84. The van der Waals surface area contributed by atoms with E-state index >= 15 is 0 Å². The molecule has 0 radical (unpaired) electrons. The van der Waals surface area contributed by atoms with Gasteiger partial charge in [-0.25, -0.2) is 9.59 Å². The van der Waals surface area contributed by atoms with E-state index in [1.54, 1.807) is 13.1 Å². The van der Waals surface area contributed by atoms with Crippen molar-refractivity contribution >= 4 is 44.8 Å². The van der Waals surface area contributed by atoms with Crippen LogP contribution in [0.1, 0.15) is 21.7 Å². The summed E-state index contributed by atoms with van der Waals surface area (Å²) >= 11 is 7.24. The maximum Gasteiger partial charge on any atom is 0.348 e. The molecule has 1 fully saturated rings. The Morgan fingerprint density at radius 1 is 0.974 bits per heavy atom. The lowest BCUT2D eigenvalue weighted by Crippen LogP contribution is -2.47. The fourth-order valence-corrected chi connectivity index (χ4v) is 5.91. The van der Waals surface area contributed by atoms with Crippen LogP contribution >= 0.6 is 22.9 Å². The number of aryl methyl sites for hydroxylation is 1. The third kappa shape index (κ3) is 5.70. The van der Waals surface area contributed by atoms with Gasteiger partial charge in [0, 0.05) is 50.5 Å². The smallest absolute Gasteiger partial charge is 0.348 e. The molecule has 0 unspecified atom stereocenters. The number of carbonyl (C=O) groups is 1. The molecule has 0 atom stereocenters. The number of thiophene rings is 1. The van der Waals surface area contributed by atoms with Crippen LogP contribution in [0.3, 0.4) is 0 Å². The number of rotatable bonds is 8. The first-order valence-electron chi connectivity index (χ1n) is 12.6. The molecule has 1 aliphatic heterocycles. The van der Waals surface area contributed by atoms with Gasteiger partial charge in [0.2, 0.25) is 0 Å². The molecule has 0 aliphatic carbocycles. The average molecular weight is 553 g/mol. The van der Waals surface area contributed by atoms with Gasteiger partial charge in [0.1, 0.15) is 16.3 Å². The highest BCUT2D eigenvalue weighted by atomic mass is 35.5. The number of anilines is 1. The van der Waals surface area contributed by atoms with E-state index in [2.05, 4.69) is 15.9 Å². The summed E-state index contributed by atoms with van der Waals surface area (Å²) in [6, 6.07) is 18.8. The third-order valence-corrected chi connectivity index (χ3v) is 8.25. The van der Waals surface area contributed by atoms with Crippen molar-refractivity contribution < 1.29 is 9.53 Å². The summed E-state index contributed by atoms with van der Waals surface area (Å²) in [6.07, 6.45) is 0.675. The molecular formula is C28H29ClN4O4S. The average Bonchev–Trinajstić information content (AvgIpc) is 3.40. The number of esters is 1. The molecule has 1 saturated heterocycles. The maximum atomic E-state index is 13.2. The summed E-state index contributed by atoms with van der Waals surface area (Å²) in [5.74, 6) is -0.509. The highest BCUT2D eigenvalue weighted by molar-refractivity contribution is 7.20. The predicted molar refractivity (Wildman–Crippen MR) is 152 cm³/mol. The Morgan fingerprint density at radius 2 is 1.74 bits per heavy atom. The topological polar surface area (TPSA) is 76.8 Å². The molecule has 8 nitrogen and oxygen atoms in total. The molecule has 0 amide bonds. The minimum absolute atomic E-state index is 0.143. The van der Waals surface area contributed by atoms with Crippen LogP contribution in [0, 0.1) is 0 Å². The lowest BCUT2D eigenvalue weighted by molar-refractivity contribution is 0.0478. The summed E-state index contributed by atoms with van der Waals surface area (Å²) < 4.78 is 8.14. The van der Waals surface area contributed by atoms with Crippen LogP contribution in [0.5, 0.6) is 0 Å². The SMILES string of the molecule is Cn1c(=O)n(CCCN2CCN(c3cccc(Cl)c3)CC2)c(=O)c2cc(C(=O)OCc3ccccc3)sc21. The minimum Gasteiger partial charge on any atom is -0.457 e. The van der Waals surface area contributed by atoms with Crippen LogP contribution in [0.15, 0.2) is 70.3 Å². The second-order valence-corrected chi connectivity index (χ2v) is 10.8. The zero-order valence-electron chi connectivity index (χ0n) is 21.1. The molecule has 2 aromatic carbocycles. The van der Waals surface area contributed by atoms with Crippen LogP contribution in [-0.4, -0.2) is 52.7 Å².